The minimum Gasteiger partial charge on any atom is -0.207 e. The number of hydrogen-bond donors (Lipinski definition) is 0. The quantitative estimate of drug-likeness (QED) is 0.458. The molecular weight excluding hydrogens is 235 g/mol. The molecule has 2 rings (SSSR count). The molecule has 0 spiro atoms. The second-order valence-corrected chi connectivity index (χ2v) is 5.14. The molecule has 19 heavy (non-hydrogen) atoms. The van der Waals surface area contributed by atoms with E-state index in [1.54, 1.807) is 6.08 Å². The van der Waals surface area contributed by atoms with Gasteiger partial charge in [0.15, 0.2) is 0 Å². The summed E-state index contributed by atoms with van der Waals surface area (Å²) in [4.78, 5) is 0. The summed E-state index contributed by atoms with van der Waals surface area (Å²) in [5.74, 6) is -0.0289. The average Bonchev–Trinajstić information content (AvgIpc) is 2.41. The van der Waals surface area contributed by atoms with Crippen molar-refractivity contribution < 1.29 is 4.39 Å². The van der Waals surface area contributed by atoms with Crippen molar-refractivity contribution in [2.24, 2.45) is 0 Å². The minimum absolute atomic E-state index is 0.0289. The zero-order valence-electron chi connectivity index (χ0n) is 13.4. The Morgan fingerprint density at radius 2 is 1.16 bits per heavy atom. The van der Waals surface area contributed by atoms with Crippen molar-refractivity contribution in [1.82, 2.24) is 0 Å². The zero-order valence-corrected chi connectivity index (χ0v) is 13.4. The van der Waals surface area contributed by atoms with Gasteiger partial charge in [0.2, 0.25) is 0 Å². The fourth-order valence-corrected chi connectivity index (χ4v) is 1.76. The van der Waals surface area contributed by atoms with Crippen LogP contribution >= 0.6 is 0 Å². The van der Waals surface area contributed by atoms with E-state index in [-0.39, 0.29) is 5.83 Å². The number of allylic oxidation sites excluding steroid dienone is 8. The van der Waals surface area contributed by atoms with E-state index in [0.29, 0.717) is 0 Å². The Kier molecular flexibility index (Phi) is 9.20. The van der Waals surface area contributed by atoms with Crippen molar-refractivity contribution in [1.29, 1.82) is 0 Å². The Morgan fingerprint density at radius 1 is 0.737 bits per heavy atom. The first kappa shape index (κ1) is 17.9. The van der Waals surface area contributed by atoms with Crippen LogP contribution in [0, 0.1) is 0 Å². The zero-order chi connectivity index (χ0) is 14.8. The van der Waals surface area contributed by atoms with Crippen LogP contribution in [-0.2, 0) is 0 Å². The minimum atomic E-state index is -0.0289. The standard InChI is InChI=1S/C8H11F.C8H12.C2H6/c1-6-3-4-7(2)8(9)5-6;1-7-3-5-8(2)6-4-7;1-2/h5H,3-4H2,1-2H3;3,5H,4,6H2,1-2H3;1-2H3. The molecule has 0 unspecified atom stereocenters. The van der Waals surface area contributed by atoms with Gasteiger partial charge in [-0.15, -0.1) is 0 Å². The first-order valence-electron chi connectivity index (χ1n) is 7.34. The van der Waals surface area contributed by atoms with Gasteiger partial charge >= 0.3 is 0 Å². The van der Waals surface area contributed by atoms with Gasteiger partial charge in [-0.2, -0.15) is 0 Å². The highest BCUT2D eigenvalue weighted by molar-refractivity contribution is 5.26. The molecule has 0 aromatic rings. The van der Waals surface area contributed by atoms with Crippen molar-refractivity contribution in [2.45, 2.75) is 67.2 Å². The maximum absolute atomic E-state index is 12.6. The molecule has 0 amide bonds. The highest BCUT2D eigenvalue weighted by Crippen LogP contribution is 2.23. The average molecular weight is 264 g/mol. The van der Waals surface area contributed by atoms with E-state index in [2.05, 4.69) is 26.0 Å². The molecule has 0 aromatic heterocycles. The summed E-state index contributed by atoms with van der Waals surface area (Å²) in [6.07, 6.45) is 10.5. The summed E-state index contributed by atoms with van der Waals surface area (Å²) >= 11 is 0. The molecule has 2 aliphatic carbocycles. The van der Waals surface area contributed by atoms with E-state index in [9.17, 15) is 4.39 Å². The first-order valence-corrected chi connectivity index (χ1v) is 7.34. The summed E-state index contributed by atoms with van der Waals surface area (Å²) in [6, 6.07) is 0. The van der Waals surface area contributed by atoms with E-state index < -0.39 is 0 Å². The number of halogens is 1. The van der Waals surface area contributed by atoms with E-state index >= 15 is 0 Å². The lowest BCUT2D eigenvalue weighted by atomic mass is 10.0. The third-order valence-electron chi connectivity index (χ3n) is 3.24. The summed E-state index contributed by atoms with van der Waals surface area (Å²) < 4.78 is 12.6. The lowest BCUT2D eigenvalue weighted by Gasteiger charge is -2.08. The SMILES string of the molecule is CC.CC1=CC(F)=C(C)CC1.CC1=CC=C(C)CC1. The van der Waals surface area contributed by atoms with Crippen LogP contribution in [0.25, 0.3) is 0 Å². The number of hydrogen-bond acceptors (Lipinski definition) is 0. The molecule has 0 saturated heterocycles. The molecule has 0 fully saturated rings. The molecule has 108 valence electrons. The second kappa shape index (κ2) is 9.77. The van der Waals surface area contributed by atoms with Gasteiger partial charge in [0.1, 0.15) is 5.83 Å². The molecule has 0 aliphatic heterocycles. The van der Waals surface area contributed by atoms with Crippen LogP contribution in [-0.4, -0.2) is 0 Å². The molecule has 0 heterocycles. The van der Waals surface area contributed by atoms with Crippen LogP contribution < -0.4 is 0 Å². The van der Waals surface area contributed by atoms with Crippen LogP contribution in [0.3, 0.4) is 0 Å². The van der Waals surface area contributed by atoms with E-state index in [0.717, 1.165) is 24.0 Å². The largest absolute Gasteiger partial charge is 0.207 e. The van der Waals surface area contributed by atoms with E-state index in [4.69, 9.17) is 0 Å². The lowest BCUT2D eigenvalue weighted by molar-refractivity contribution is 0.630. The smallest absolute Gasteiger partial charge is 0.122 e. The highest BCUT2D eigenvalue weighted by Gasteiger charge is 2.05. The van der Waals surface area contributed by atoms with E-state index in [1.165, 1.54) is 24.0 Å². The van der Waals surface area contributed by atoms with Crippen LogP contribution in [0.5, 0.6) is 0 Å². The lowest BCUT2D eigenvalue weighted by Crippen LogP contribution is -1.90. The van der Waals surface area contributed by atoms with Crippen molar-refractivity contribution in [3.8, 4) is 0 Å². The van der Waals surface area contributed by atoms with Gasteiger partial charge in [-0.1, -0.05) is 42.7 Å². The predicted octanol–water partition coefficient (Wildman–Crippen LogP) is 6.67. The van der Waals surface area contributed by atoms with Gasteiger partial charge in [-0.25, -0.2) is 4.39 Å². The predicted molar refractivity (Wildman–Crippen MR) is 84.9 cm³/mol. The maximum atomic E-state index is 12.6. The van der Waals surface area contributed by atoms with Crippen molar-refractivity contribution >= 4 is 0 Å². The first-order chi connectivity index (χ1) is 8.99. The molecule has 0 aromatic carbocycles. The molecule has 1 heteroatoms. The Bertz CT molecular complexity index is 374. The summed E-state index contributed by atoms with van der Waals surface area (Å²) in [5, 5.41) is 0. The molecule has 0 radical (unpaired) electrons. The third kappa shape index (κ3) is 7.81. The Balaban J connectivity index is 0.000000303. The van der Waals surface area contributed by atoms with Gasteiger partial charge in [0.25, 0.3) is 0 Å². The Morgan fingerprint density at radius 3 is 1.47 bits per heavy atom. The molecule has 0 atom stereocenters. The Labute approximate surface area is 118 Å². The highest BCUT2D eigenvalue weighted by atomic mass is 19.1. The normalized spacial score (nSPS) is 18.2. The third-order valence-corrected chi connectivity index (χ3v) is 3.24. The van der Waals surface area contributed by atoms with Crippen LogP contribution in [0.2, 0.25) is 0 Å². The molecule has 0 bridgehead atoms. The van der Waals surface area contributed by atoms with Crippen molar-refractivity contribution in [3.63, 3.8) is 0 Å². The van der Waals surface area contributed by atoms with E-state index in [1.807, 2.05) is 27.7 Å². The fourth-order valence-electron chi connectivity index (χ4n) is 1.76. The van der Waals surface area contributed by atoms with Gasteiger partial charge < -0.3 is 0 Å². The van der Waals surface area contributed by atoms with Gasteiger partial charge in [-0.05, 0) is 65.0 Å². The van der Waals surface area contributed by atoms with Gasteiger partial charge in [0, 0.05) is 0 Å². The second-order valence-electron chi connectivity index (χ2n) is 5.14. The monoisotopic (exact) mass is 264 g/mol. The molecule has 0 N–H and O–H groups in total. The summed E-state index contributed by atoms with van der Waals surface area (Å²) in [5.41, 5.74) is 5.06. The van der Waals surface area contributed by atoms with Crippen LogP contribution in [0.4, 0.5) is 4.39 Å². The molecular formula is C18H29F. The fraction of sp³-hybridized carbons (Fsp3) is 0.556. The topological polar surface area (TPSA) is 0 Å². The molecule has 0 nitrogen and oxygen atoms in total. The van der Waals surface area contributed by atoms with Crippen LogP contribution in [0.15, 0.2) is 46.3 Å². The van der Waals surface area contributed by atoms with Crippen LogP contribution in [0.1, 0.15) is 67.2 Å². The van der Waals surface area contributed by atoms with Crippen molar-refractivity contribution in [2.75, 3.05) is 0 Å². The molecule has 2 aliphatic rings. The van der Waals surface area contributed by atoms with Gasteiger partial charge in [-0.3, -0.25) is 0 Å². The summed E-state index contributed by atoms with van der Waals surface area (Å²) in [7, 11) is 0. The molecule has 0 saturated carbocycles. The maximum Gasteiger partial charge on any atom is 0.122 e. The Hall–Kier alpha value is -1.11. The van der Waals surface area contributed by atoms with Crippen molar-refractivity contribution in [3.05, 3.63) is 46.3 Å². The summed E-state index contributed by atoms with van der Waals surface area (Å²) in [6.45, 7) is 12.2. The van der Waals surface area contributed by atoms with Gasteiger partial charge in [0.05, 0.1) is 0 Å². The number of rotatable bonds is 0.